The molecule has 0 amide bonds. The van der Waals surface area contributed by atoms with Gasteiger partial charge in [-0.25, -0.2) is 4.67 Å². The maximum absolute atomic E-state index is 12.6. The van der Waals surface area contributed by atoms with Crippen molar-refractivity contribution >= 4 is 13.3 Å². The zero-order valence-corrected chi connectivity index (χ0v) is 13.5. The minimum Gasteiger partial charge on any atom is -0.370 e. The molecule has 3 atom stereocenters. The summed E-state index contributed by atoms with van der Waals surface area (Å²) in [4.78, 5) is 13.4. The molecule has 2 saturated heterocycles. The Labute approximate surface area is 120 Å². The van der Waals surface area contributed by atoms with E-state index in [0.29, 0.717) is 32.5 Å². The fourth-order valence-electron chi connectivity index (χ4n) is 2.78. The van der Waals surface area contributed by atoms with Crippen LogP contribution < -0.4 is 0 Å². The van der Waals surface area contributed by atoms with Crippen molar-refractivity contribution in [2.75, 3.05) is 46.5 Å². The van der Waals surface area contributed by atoms with Crippen LogP contribution in [0.2, 0.25) is 0 Å². The van der Waals surface area contributed by atoms with Gasteiger partial charge in [-0.2, -0.15) is 0 Å². The summed E-state index contributed by atoms with van der Waals surface area (Å²) >= 11 is 0. The molecule has 7 heteroatoms. The molecule has 0 aromatic rings. The topological polar surface area (TPSA) is 59.1 Å². The van der Waals surface area contributed by atoms with Gasteiger partial charge in [0.25, 0.3) is 7.52 Å². The van der Waals surface area contributed by atoms with Gasteiger partial charge in [0, 0.05) is 45.7 Å². The van der Waals surface area contributed by atoms with Gasteiger partial charge in [0.1, 0.15) is 5.78 Å². The van der Waals surface area contributed by atoms with Crippen LogP contribution in [0.5, 0.6) is 0 Å². The van der Waals surface area contributed by atoms with Crippen molar-refractivity contribution in [1.29, 1.82) is 0 Å². The summed E-state index contributed by atoms with van der Waals surface area (Å²) in [6, 6.07) is 0. The second-order valence-corrected chi connectivity index (χ2v) is 8.31. The third-order valence-electron chi connectivity index (χ3n) is 3.82. The molecule has 0 aromatic heterocycles. The number of likely N-dealkylation sites (N-methyl/N-ethyl adjacent to an activating group) is 1. The number of ketones is 1. The number of Topliss-reactive ketones (excluding diaryl/α,β-unsaturated/α-hetero) is 1. The lowest BCUT2D eigenvalue weighted by Crippen LogP contribution is -2.46. The van der Waals surface area contributed by atoms with E-state index in [0.717, 1.165) is 13.1 Å². The summed E-state index contributed by atoms with van der Waals surface area (Å²) in [6.45, 7) is 6.79. The standard InChI is InChI=1S/C13H25N2O4P/c1-11-8-14(2)9-13(19-11)10-18-20(3,17)15-6-4-12(16)5-7-15/h11,13H,4-10H2,1-3H3. The van der Waals surface area contributed by atoms with Crippen molar-refractivity contribution in [2.24, 2.45) is 0 Å². The van der Waals surface area contributed by atoms with Gasteiger partial charge in [-0.1, -0.05) is 0 Å². The largest absolute Gasteiger partial charge is 0.370 e. The van der Waals surface area contributed by atoms with E-state index in [1.54, 1.807) is 6.66 Å². The number of piperidine rings is 1. The van der Waals surface area contributed by atoms with E-state index in [4.69, 9.17) is 9.26 Å². The molecule has 6 nitrogen and oxygen atoms in total. The molecule has 2 fully saturated rings. The van der Waals surface area contributed by atoms with Crippen LogP contribution in [0.3, 0.4) is 0 Å². The average Bonchev–Trinajstić information content (AvgIpc) is 2.36. The first kappa shape index (κ1) is 16.1. The number of hydrogen-bond donors (Lipinski definition) is 0. The normalized spacial score (nSPS) is 33.0. The predicted molar refractivity (Wildman–Crippen MR) is 77.1 cm³/mol. The van der Waals surface area contributed by atoms with Crippen molar-refractivity contribution in [3.63, 3.8) is 0 Å². The number of rotatable bonds is 4. The quantitative estimate of drug-likeness (QED) is 0.728. The fourth-order valence-corrected chi connectivity index (χ4v) is 4.31. The number of ether oxygens (including phenoxy) is 1. The molecule has 0 spiro atoms. The van der Waals surface area contributed by atoms with E-state index in [1.165, 1.54) is 0 Å². The second kappa shape index (κ2) is 6.67. The number of morpholine rings is 1. The highest BCUT2D eigenvalue weighted by molar-refractivity contribution is 7.55. The average molecular weight is 304 g/mol. The molecular formula is C13H25N2O4P. The summed E-state index contributed by atoms with van der Waals surface area (Å²) in [5, 5.41) is 0. The lowest BCUT2D eigenvalue weighted by Gasteiger charge is -2.36. The lowest BCUT2D eigenvalue weighted by molar-refractivity contribution is -0.120. The zero-order chi connectivity index (χ0) is 14.8. The molecule has 0 radical (unpaired) electrons. The number of nitrogens with zero attached hydrogens (tertiary/aromatic N) is 2. The molecule has 0 aromatic carbocycles. The molecular weight excluding hydrogens is 279 g/mol. The van der Waals surface area contributed by atoms with Crippen molar-refractivity contribution in [2.45, 2.75) is 32.0 Å². The first-order chi connectivity index (χ1) is 9.37. The molecule has 20 heavy (non-hydrogen) atoms. The molecule has 2 heterocycles. The third kappa shape index (κ3) is 4.37. The van der Waals surface area contributed by atoms with Crippen LogP contribution in [0, 0.1) is 0 Å². The number of carbonyl (C=O) groups is 1. The van der Waals surface area contributed by atoms with E-state index in [1.807, 2.05) is 18.6 Å². The molecule has 2 aliphatic rings. The van der Waals surface area contributed by atoms with Crippen LogP contribution in [-0.4, -0.2) is 74.1 Å². The first-order valence-corrected chi connectivity index (χ1v) is 9.22. The smallest absolute Gasteiger partial charge is 0.269 e. The Bertz CT molecular complexity index is 384. The van der Waals surface area contributed by atoms with E-state index >= 15 is 0 Å². The highest BCUT2D eigenvalue weighted by Crippen LogP contribution is 2.48. The molecule has 0 N–H and O–H groups in total. The van der Waals surface area contributed by atoms with Gasteiger partial charge in [-0.15, -0.1) is 0 Å². The van der Waals surface area contributed by atoms with Crippen LogP contribution in [0.25, 0.3) is 0 Å². The van der Waals surface area contributed by atoms with Gasteiger partial charge in [0.15, 0.2) is 0 Å². The highest BCUT2D eigenvalue weighted by atomic mass is 31.2. The van der Waals surface area contributed by atoms with Crippen molar-refractivity contribution in [3.05, 3.63) is 0 Å². The van der Waals surface area contributed by atoms with Crippen LogP contribution in [-0.2, 0) is 18.6 Å². The number of carbonyl (C=O) groups excluding carboxylic acids is 1. The predicted octanol–water partition coefficient (Wildman–Crippen LogP) is 1.21. The maximum atomic E-state index is 12.6. The first-order valence-electron chi connectivity index (χ1n) is 7.20. The molecule has 0 aliphatic carbocycles. The van der Waals surface area contributed by atoms with Crippen LogP contribution in [0.4, 0.5) is 0 Å². The summed E-state index contributed by atoms with van der Waals surface area (Å²) in [6.07, 6.45) is 1.08. The fraction of sp³-hybridized carbons (Fsp3) is 0.923. The van der Waals surface area contributed by atoms with Crippen molar-refractivity contribution in [1.82, 2.24) is 9.57 Å². The van der Waals surface area contributed by atoms with Gasteiger partial charge in [-0.3, -0.25) is 9.36 Å². The summed E-state index contributed by atoms with van der Waals surface area (Å²) in [5.74, 6) is 0.243. The monoisotopic (exact) mass is 304 g/mol. The Morgan fingerprint density at radius 1 is 1.35 bits per heavy atom. The summed E-state index contributed by atoms with van der Waals surface area (Å²) in [7, 11) is -0.769. The Morgan fingerprint density at radius 3 is 2.60 bits per heavy atom. The lowest BCUT2D eigenvalue weighted by atomic mass is 10.1. The van der Waals surface area contributed by atoms with Crippen LogP contribution >= 0.6 is 7.52 Å². The van der Waals surface area contributed by atoms with E-state index in [-0.39, 0.29) is 18.0 Å². The maximum Gasteiger partial charge on any atom is 0.269 e. The van der Waals surface area contributed by atoms with Gasteiger partial charge in [0.05, 0.1) is 18.8 Å². The minimum atomic E-state index is -2.82. The Morgan fingerprint density at radius 2 is 2.00 bits per heavy atom. The molecule has 3 unspecified atom stereocenters. The van der Waals surface area contributed by atoms with Gasteiger partial charge >= 0.3 is 0 Å². The van der Waals surface area contributed by atoms with E-state index in [9.17, 15) is 9.36 Å². The molecule has 2 aliphatic heterocycles. The zero-order valence-electron chi connectivity index (χ0n) is 12.6. The Balaban J connectivity index is 1.82. The number of hydrogen-bond acceptors (Lipinski definition) is 5. The van der Waals surface area contributed by atoms with Crippen molar-refractivity contribution < 1.29 is 18.6 Å². The summed E-state index contributed by atoms with van der Waals surface area (Å²) < 4.78 is 25.9. The highest BCUT2D eigenvalue weighted by Gasteiger charge is 2.32. The molecule has 2 rings (SSSR count). The second-order valence-electron chi connectivity index (χ2n) is 5.88. The van der Waals surface area contributed by atoms with Crippen LogP contribution in [0.15, 0.2) is 0 Å². The Hall–Kier alpha value is -0.260. The molecule has 0 bridgehead atoms. The van der Waals surface area contributed by atoms with Gasteiger partial charge < -0.3 is 14.2 Å². The van der Waals surface area contributed by atoms with E-state index < -0.39 is 7.52 Å². The third-order valence-corrected chi connectivity index (χ3v) is 5.88. The van der Waals surface area contributed by atoms with Crippen LogP contribution in [0.1, 0.15) is 19.8 Å². The van der Waals surface area contributed by atoms with E-state index in [2.05, 4.69) is 4.90 Å². The van der Waals surface area contributed by atoms with Gasteiger partial charge in [0.2, 0.25) is 0 Å². The van der Waals surface area contributed by atoms with Crippen molar-refractivity contribution in [3.8, 4) is 0 Å². The molecule has 0 saturated carbocycles. The molecule has 116 valence electrons. The Kier molecular flexibility index (Phi) is 5.37. The van der Waals surface area contributed by atoms with Gasteiger partial charge in [-0.05, 0) is 14.0 Å². The SMILES string of the molecule is CC1CN(C)CC(COP(C)(=O)N2CCC(=O)CC2)O1. The summed E-state index contributed by atoms with van der Waals surface area (Å²) in [5.41, 5.74) is 0. The minimum absolute atomic E-state index is 0.0385.